The van der Waals surface area contributed by atoms with E-state index in [2.05, 4.69) is 0 Å². The Labute approximate surface area is 125 Å². The van der Waals surface area contributed by atoms with E-state index in [9.17, 15) is 5.11 Å². The van der Waals surface area contributed by atoms with Gasteiger partial charge in [-0.15, -0.1) is 0 Å². The molecule has 20 heavy (non-hydrogen) atoms. The third-order valence-electron chi connectivity index (χ3n) is 3.27. The number of aryl methyl sites for hydroxylation is 2. The molecule has 2 rings (SSSR count). The van der Waals surface area contributed by atoms with Crippen molar-refractivity contribution in [1.29, 1.82) is 0 Å². The second-order valence-electron chi connectivity index (χ2n) is 5.08. The molecule has 0 aliphatic rings. The summed E-state index contributed by atoms with van der Waals surface area (Å²) >= 11 is 6.19. The predicted molar refractivity (Wildman–Crippen MR) is 82.3 cm³/mol. The maximum absolute atomic E-state index is 9.55. The Kier molecular flexibility index (Phi) is 4.69. The molecule has 0 radical (unpaired) electrons. The van der Waals surface area contributed by atoms with Crippen LogP contribution in [0, 0.1) is 13.8 Å². The van der Waals surface area contributed by atoms with E-state index in [0.29, 0.717) is 6.61 Å². The van der Waals surface area contributed by atoms with Gasteiger partial charge >= 0.3 is 0 Å². The molecule has 0 unspecified atom stereocenters. The molecule has 1 atom stereocenters. The van der Waals surface area contributed by atoms with Gasteiger partial charge in [0.25, 0.3) is 0 Å². The molecule has 1 N–H and O–H groups in total. The van der Waals surface area contributed by atoms with Gasteiger partial charge in [-0.1, -0.05) is 29.8 Å². The molecule has 0 fully saturated rings. The van der Waals surface area contributed by atoms with E-state index >= 15 is 0 Å². The van der Waals surface area contributed by atoms with Crippen LogP contribution in [0.4, 0.5) is 0 Å². The standard InChI is InChI=1S/C17H19ClO2/c1-11-4-5-15(16(18)8-11)10-20-17-7-6-14(13(3)19)9-12(17)2/h4-9,13,19H,10H2,1-3H3/t13-/m0/s1. The molecule has 0 aliphatic heterocycles. The molecule has 0 bridgehead atoms. The Morgan fingerprint density at radius 3 is 2.50 bits per heavy atom. The van der Waals surface area contributed by atoms with E-state index < -0.39 is 6.10 Å². The summed E-state index contributed by atoms with van der Waals surface area (Å²) < 4.78 is 5.81. The second-order valence-corrected chi connectivity index (χ2v) is 5.49. The fourth-order valence-corrected chi connectivity index (χ4v) is 2.31. The van der Waals surface area contributed by atoms with Crippen LogP contribution in [0.3, 0.4) is 0 Å². The summed E-state index contributed by atoms with van der Waals surface area (Å²) in [7, 11) is 0. The summed E-state index contributed by atoms with van der Waals surface area (Å²) in [5.74, 6) is 0.811. The van der Waals surface area contributed by atoms with Crippen molar-refractivity contribution in [3.63, 3.8) is 0 Å². The van der Waals surface area contributed by atoms with Crippen LogP contribution in [0.1, 0.15) is 35.3 Å². The van der Waals surface area contributed by atoms with Gasteiger partial charge in [0.15, 0.2) is 0 Å². The third-order valence-corrected chi connectivity index (χ3v) is 3.62. The maximum atomic E-state index is 9.55. The molecule has 0 saturated carbocycles. The lowest BCUT2D eigenvalue weighted by atomic mass is 10.1. The number of hydrogen-bond donors (Lipinski definition) is 1. The topological polar surface area (TPSA) is 29.5 Å². The lowest BCUT2D eigenvalue weighted by Gasteiger charge is -2.13. The van der Waals surface area contributed by atoms with Gasteiger partial charge in [0.05, 0.1) is 6.10 Å². The summed E-state index contributed by atoms with van der Waals surface area (Å²) in [5, 5.41) is 10.3. The predicted octanol–water partition coefficient (Wildman–Crippen LogP) is 4.59. The lowest BCUT2D eigenvalue weighted by Crippen LogP contribution is -1.99. The quantitative estimate of drug-likeness (QED) is 0.892. The van der Waals surface area contributed by atoms with Crippen LogP contribution >= 0.6 is 11.6 Å². The molecular formula is C17H19ClO2. The van der Waals surface area contributed by atoms with Gasteiger partial charge in [0, 0.05) is 10.6 Å². The fourth-order valence-electron chi connectivity index (χ4n) is 2.02. The van der Waals surface area contributed by atoms with Crippen LogP contribution in [-0.2, 0) is 6.61 Å². The zero-order chi connectivity index (χ0) is 14.7. The van der Waals surface area contributed by atoms with E-state index in [0.717, 1.165) is 33.0 Å². The number of aliphatic hydroxyl groups is 1. The van der Waals surface area contributed by atoms with Crippen molar-refractivity contribution in [1.82, 2.24) is 0 Å². The van der Waals surface area contributed by atoms with E-state index in [1.165, 1.54) is 0 Å². The molecule has 0 saturated heterocycles. The summed E-state index contributed by atoms with van der Waals surface area (Å²) in [4.78, 5) is 0. The van der Waals surface area contributed by atoms with Gasteiger partial charge < -0.3 is 9.84 Å². The molecule has 3 heteroatoms. The minimum absolute atomic E-state index is 0.438. The van der Waals surface area contributed by atoms with Crippen LogP contribution in [0.25, 0.3) is 0 Å². The summed E-state index contributed by atoms with van der Waals surface area (Å²) in [5.41, 5.74) is 4.00. The van der Waals surface area contributed by atoms with Crippen molar-refractivity contribution in [3.8, 4) is 5.75 Å². The highest BCUT2D eigenvalue weighted by molar-refractivity contribution is 6.31. The van der Waals surface area contributed by atoms with Gasteiger partial charge in [-0.25, -0.2) is 0 Å². The van der Waals surface area contributed by atoms with Crippen molar-refractivity contribution in [2.24, 2.45) is 0 Å². The van der Waals surface area contributed by atoms with Gasteiger partial charge in [-0.2, -0.15) is 0 Å². The monoisotopic (exact) mass is 290 g/mol. The molecule has 0 aromatic heterocycles. The second kappa shape index (κ2) is 6.29. The van der Waals surface area contributed by atoms with E-state index in [4.69, 9.17) is 16.3 Å². The van der Waals surface area contributed by atoms with Gasteiger partial charge in [-0.3, -0.25) is 0 Å². The zero-order valence-corrected chi connectivity index (χ0v) is 12.7. The number of halogens is 1. The highest BCUT2D eigenvalue weighted by Gasteiger charge is 2.07. The molecular weight excluding hydrogens is 272 g/mol. The molecule has 106 valence electrons. The number of hydrogen-bond acceptors (Lipinski definition) is 2. The average molecular weight is 291 g/mol. The smallest absolute Gasteiger partial charge is 0.122 e. The van der Waals surface area contributed by atoms with Crippen molar-refractivity contribution < 1.29 is 9.84 Å². The maximum Gasteiger partial charge on any atom is 0.122 e. The Morgan fingerprint density at radius 1 is 1.15 bits per heavy atom. The SMILES string of the molecule is Cc1ccc(COc2ccc([C@H](C)O)cc2C)c(Cl)c1. The highest BCUT2D eigenvalue weighted by Crippen LogP contribution is 2.25. The van der Waals surface area contributed by atoms with E-state index in [-0.39, 0.29) is 0 Å². The Morgan fingerprint density at radius 2 is 1.90 bits per heavy atom. The number of benzene rings is 2. The first-order chi connectivity index (χ1) is 9.47. The summed E-state index contributed by atoms with van der Waals surface area (Å²) in [6.45, 7) is 6.17. The molecule has 2 aromatic rings. The van der Waals surface area contributed by atoms with Crippen LogP contribution < -0.4 is 4.74 Å². The number of rotatable bonds is 4. The van der Waals surface area contributed by atoms with Gasteiger partial charge in [0.2, 0.25) is 0 Å². The lowest BCUT2D eigenvalue weighted by molar-refractivity contribution is 0.199. The Hall–Kier alpha value is -1.51. The van der Waals surface area contributed by atoms with Crippen LogP contribution in [0.5, 0.6) is 5.75 Å². The van der Waals surface area contributed by atoms with Crippen molar-refractivity contribution in [2.45, 2.75) is 33.5 Å². The number of aliphatic hydroxyl groups excluding tert-OH is 1. The van der Waals surface area contributed by atoms with E-state index in [1.54, 1.807) is 6.92 Å². The van der Waals surface area contributed by atoms with Crippen LogP contribution in [0.2, 0.25) is 5.02 Å². The normalized spacial score (nSPS) is 12.2. The average Bonchev–Trinajstić information content (AvgIpc) is 2.38. The molecule has 0 aliphatic carbocycles. The first-order valence-electron chi connectivity index (χ1n) is 6.64. The molecule has 0 amide bonds. The van der Waals surface area contributed by atoms with E-state index in [1.807, 2.05) is 50.2 Å². The zero-order valence-electron chi connectivity index (χ0n) is 12.0. The molecule has 0 heterocycles. The van der Waals surface area contributed by atoms with Crippen molar-refractivity contribution in [2.75, 3.05) is 0 Å². The first kappa shape index (κ1) is 14.9. The van der Waals surface area contributed by atoms with Crippen molar-refractivity contribution in [3.05, 3.63) is 63.7 Å². The summed E-state index contributed by atoms with van der Waals surface area (Å²) in [6.07, 6.45) is -0.464. The van der Waals surface area contributed by atoms with Gasteiger partial charge in [-0.05, 0) is 55.7 Å². The Balaban J connectivity index is 2.11. The summed E-state index contributed by atoms with van der Waals surface area (Å²) in [6, 6.07) is 11.6. The highest BCUT2D eigenvalue weighted by atomic mass is 35.5. The van der Waals surface area contributed by atoms with Crippen LogP contribution in [-0.4, -0.2) is 5.11 Å². The minimum Gasteiger partial charge on any atom is -0.489 e. The third kappa shape index (κ3) is 3.53. The fraction of sp³-hybridized carbons (Fsp3) is 0.294. The first-order valence-corrected chi connectivity index (χ1v) is 7.01. The Bertz CT molecular complexity index is 606. The largest absolute Gasteiger partial charge is 0.489 e. The number of ether oxygens (including phenoxy) is 1. The molecule has 0 spiro atoms. The molecule has 2 aromatic carbocycles. The van der Waals surface area contributed by atoms with Gasteiger partial charge in [0.1, 0.15) is 12.4 Å². The minimum atomic E-state index is -0.464. The molecule has 2 nitrogen and oxygen atoms in total. The van der Waals surface area contributed by atoms with Crippen LogP contribution in [0.15, 0.2) is 36.4 Å². The van der Waals surface area contributed by atoms with Crippen molar-refractivity contribution >= 4 is 11.6 Å².